The molecule has 0 fully saturated rings. The highest BCUT2D eigenvalue weighted by atomic mass is 16.7. The van der Waals surface area contributed by atoms with Crippen molar-refractivity contribution < 1.29 is 23.9 Å². The Labute approximate surface area is 245 Å². The van der Waals surface area contributed by atoms with Crippen LogP contribution < -0.4 is 20.1 Å². The molecule has 218 valence electrons. The van der Waals surface area contributed by atoms with Crippen molar-refractivity contribution in [2.24, 2.45) is 0 Å². The number of rotatable bonds is 14. The van der Waals surface area contributed by atoms with Gasteiger partial charge in [0.1, 0.15) is 11.8 Å². The molecule has 0 saturated carbocycles. The fourth-order valence-corrected chi connectivity index (χ4v) is 5.39. The Morgan fingerprint density at radius 3 is 2.52 bits per heavy atom. The Hall–Kier alpha value is -4.59. The van der Waals surface area contributed by atoms with E-state index in [0.29, 0.717) is 37.3 Å². The molecule has 0 bridgehead atoms. The number of carbonyl (C=O) groups is 3. The maximum atomic E-state index is 13.4. The third-order valence-corrected chi connectivity index (χ3v) is 7.53. The molecule has 0 unspecified atom stereocenters. The molecule has 5 rings (SSSR count). The number of hydrogen-bond acceptors (Lipinski definition) is 5. The third kappa shape index (κ3) is 7.37. The zero-order valence-corrected chi connectivity index (χ0v) is 23.9. The van der Waals surface area contributed by atoms with Gasteiger partial charge in [0, 0.05) is 29.6 Å². The van der Waals surface area contributed by atoms with Gasteiger partial charge in [-0.25, -0.2) is 0 Å². The number of aromatic amines is 1. The lowest BCUT2D eigenvalue weighted by Crippen LogP contribution is -2.47. The van der Waals surface area contributed by atoms with Crippen LogP contribution in [0.15, 0.2) is 72.8 Å². The van der Waals surface area contributed by atoms with Crippen LogP contribution >= 0.6 is 0 Å². The zero-order chi connectivity index (χ0) is 29.3. The minimum absolute atomic E-state index is 0.126. The van der Waals surface area contributed by atoms with Crippen LogP contribution in [0.2, 0.25) is 0 Å². The van der Waals surface area contributed by atoms with Gasteiger partial charge in [-0.3, -0.25) is 9.59 Å². The van der Waals surface area contributed by atoms with E-state index >= 15 is 0 Å². The molecule has 1 aliphatic heterocycles. The van der Waals surface area contributed by atoms with Crippen LogP contribution in [0, 0.1) is 0 Å². The van der Waals surface area contributed by atoms with Crippen LogP contribution in [0.5, 0.6) is 11.5 Å². The highest BCUT2D eigenvalue weighted by Crippen LogP contribution is 2.33. The van der Waals surface area contributed by atoms with Gasteiger partial charge in [-0.15, -0.1) is 0 Å². The van der Waals surface area contributed by atoms with Gasteiger partial charge in [-0.1, -0.05) is 67.4 Å². The molecule has 42 heavy (non-hydrogen) atoms. The SMILES string of the molecule is CC(=O)CCCCC[C@H](NC(=O)Cc1ccc2c(c1)OCO2)C(=O)NCCc1c(-c2ccccc2)[nH]c2ccccc12. The Balaban J connectivity index is 1.23. The Morgan fingerprint density at radius 2 is 1.69 bits per heavy atom. The van der Waals surface area contributed by atoms with Crippen molar-refractivity contribution in [1.82, 2.24) is 15.6 Å². The number of amides is 2. The maximum Gasteiger partial charge on any atom is 0.242 e. The summed E-state index contributed by atoms with van der Waals surface area (Å²) in [6, 6.07) is 23.1. The third-order valence-electron chi connectivity index (χ3n) is 7.53. The smallest absolute Gasteiger partial charge is 0.242 e. The first-order chi connectivity index (χ1) is 20.5. The maximum absolute atomic E-state index is 13.4. The number of Topliss-reactive ketones (excluding diaryl/α,β-unsaturated/α-hetero) is 1. The number of para-hydroxylation sites is 1. The molecule has 1 atom stereocenters. The van der Waals surface area contributed by atoms with Crippen molar-refractivity contribution in [3.05, 3.63) is 83.9 Å². The average Bonchev–Trinajstić information content (AvgIpc) is 3.61. The highest BCUT2D eigenvalue weighted by molar-refractivity contribution is 5.91. The minimum Gasteiger partial charge on any atom is -0.454 e. The Kier molecular flexibility index (Phi) is 9.54. The van der Waals surface area contributed by atoms with Crippen LogP contribution in [0.3, 0.4) is 0 Å². The molecule has 4 aromatic rings. The lowest BCUT2D eigenvalue weighted by molar-refractivity contribution is -0.128. The predicted molar refractivity (Wildman–Crippen MR) is 162 cm³/mol. The van der Waals surface area contributed by atoms with Gasteiger partial charge in [-0.2, -0.15) is 0 Å². The number of unbranched alkanes of at least 4 members (excludes halogenated alkanes) is 2. The van der Waals surface area contributed by atoms with Crippen molar-refractivity contribution in [3.8, 4) is 22.8 Å². The molecule has 1 aromatic heterocycles. The topological polar surface area (TPSA) is 110 Å². The van der Waals surface area contributed by atoms with E-state index < -0.39 is 6.04 Å². The summed E-state index contributed by atoms with van der Waals surface area (Å²) in [6.07, 6.45) is 4.11. The van der Waals surface area contributed by atoms with Gasteiger partial charge in [-0.05, 0) is 61.1 Å². The summed E-state index contributed by atoms with van der Waals surface area (Å²) < 4.78 is 10.8. The molecule has 1 aliphatic rings. The molecule has 0 radical (unpaired) electrons. The fraction of sp³-hybridized carbons (Fsp3) is 0.324. The Morgan fingerprint density at radius 1 is 0.905 bits per heavy atom. The number of nitrogens with one attached hydrogen (secondary N) is 3. The van der Waals surface area contributed by atoms with Gasteiger partial charge < -0.3 is 29.9 Å². The molecule has 2 amide bonds. The minimum atomic E-state index is -0.666. The molecule has 0 spiro atoms. The van der Waals surface area contributed by atoms with Crippen LogP contribution in [-0.4, -0.2) is 42.0 Å². The lowest BCUT2D eigenvalue weighted by Gasteiger charge is -2.19. The molecule has 2 heterocycles. The second kappa shape index (κ2) is 13.9. The van der Waals surface area contributed by atoms with E-state index in [2.05, 4.69) is 39.9 Å². The molecule has 8 heteroatoms. The molecular formula is C34H37N3O5. The second-order valence-electron chi connectivity index (χ2n) is 10.7. The average molecular weight is 568 g/mol. The van der Waals surface area contributed by atoms with E-state index in [4.69, 9.17) is 9.47 Å². The number of benzene rings is 3. The molecule has 3 aromatic carbocycles. The van der Waals surface area contributed by atoms with E-state index in [-0.39, 0.29) is 30.8 Å². The summed E-state index contributed by atoms with van der Waals surface area (Å²) in [5.74, 6) is 0.996. The number of ketones is 1. The standard InChI is InChI=1S/C34H37N3O5/c1-23(38)10-4-2-7-15-29(36-32(39)21-24-16-17-30-31(20-24)42-22-41-30)34(40)35-19-18-27-26-13-8-9-14-28(26)37-33(27)25-11-5-3-6-12-25/h3,5-6,8-9,11-14,16-17,20,29,37H,2,4,7,10,15,18-19,21-22H2,1H3,(H,35,40)(H,36,39)/t29-/m0/s1. The largest absolute Gasteiger partial charge is 0.454 e. The summed E-state index contributed by atoms with van der Waals surface area (Å²) in [4.78, 5) is 41.2. The number of carbonyl (C=O) groups excluding carboxylic acids is 3. The summed E-state index contributed by atoms with van der Waals surface area (Å²) in [5.41, 5.74) is 5.12. The van der Waals surface area contributed by atoms with E-state index in [0.717, 1.165) is 52.5 Å². The predicted octanol–water partition coefficient (Wildman–Crippen LogP) is 5.49. The Bertz CT molecular complexity index is 1550. The molecular weight excluding hydrogens is 530 g/mol. The first kappa shape index (κ1) is 28.9. The summed E-state index contributed by atoms with van der Waals surface area (Å²) in [5, 5.41) is 7.14. The van der Waals surface area contributed by atoms with Crippen molar-refractivity contribution in [2.45, 2.75) is 57.9 Å². The van der Waals surface area contributed by atoms with Crippen LogP contribution in [0.25, 0.3) is 22.2 Å². The summed E-state index contributed by atoms with van der Waals surface area (Å²) >= 11 is 0. The highest BCUT2D eigenvalue weighted by Gasteiger charge is 2.22. The number of aromatic nitrogens is 1. The van der Waals surface area contributed by atoms with Gasteiger partial charge in [0.2, 0.25) is 18.6 Å². The summed E-state index contributed by atoms with van der Waals surface area (Å²) in [7, 11) is 0. The first-order valence-corrected chi connectivity index (χ1v) is 14.6. The number of H-pyrrole nitrogens is 1. The fourth-order valence-electron chi connectivity index (χ4n) is 5.39. The van der Waals surface area contributed by atoms with Crippen molar-refractivity contribution in [1.29, 1.82) is 0 Å². The van der Waals surface area contributed by atoms with Crippen molar-refractivity contribution >= 4 is 28.5 Å². The van der Waals surface area contributed by atoms with Crippen LogP contribution in [0.1, 0.15) is 50.2 Å². The molecule has 3 N–H and O–H groups in total. The van der Waals surface area contributed by atoms with Gasteiger partial charge in [0.05, 0.1) is 6.42 Å². The molecule has 0 saturated heterocycles. The van der Waals surface area contributed by atoms with E-state index in [1.807, 2.05) is 36.4 Å². The monoisotopic (exact) mass is 567 g/mol. The van der Waals surface area contributed by atoms with Gasteiger partial charge in [0.25, 0.3) is 0 Å². The summed E-state index contributed by atoms with van der Waals surface area (Å²) in [6.45, 7) is 2.19. The van der Waals surface area contributed by atoms with E-state index in [1.54, 1.807) is 19.1 Å². The quantitative estimate of drug-likeness (QED) is 0.175. The molecule has 8 nitrogen and oxygen atoms in total. The van der Waals surface area contributed by atoms with Crippen molar-refractivity contribution in [2.75, 3.05) is 13.3 Å². The van der Waals surface area contributed by atoms with E-state index in [1.165, 1.54) is 0 Å². The number of ether oxygens (including phenoxy) is 2. The van der Waals surface area contributed by atoms with Crippen LogP contribution in [0.4, 0.5) is 0 Å². The van der Waals surface area contributed by atoms with Gasteiger partial charge >= 0.3 is 0 Å². The number of fused-ring (bicyclic) bond motifs is 2. The van der Waals surface area contributed by atoms with Gasteiger partial charge in [0.15, 0.2) is 11.5 Å². The normalized spacial score (nSPS) is 12.7. The lowest BCUT2D eigenvalue weighted by atomic mass is 10.0. The second-order valence-corrected chi connectivity index (χ2v) is 10.7. The number of hydrogen-bond donors (Lipinski definition) is 3. The van der Waals surface area contributed by atoms with E-state index in [9.17, 15) is 14.4 Å². The van der Waals surface area contributed by atoms with Crippen molar-refractivity contribution in [3.63, 3.8) is 0 Å². The first-order valence-electron chi connectivity index (χ1n) is 14.6. The zero-order valence-electron chi connectivity index (χ0n) is 23.9. The van der Waals surface area contributed by atoms with Crippen LogP contribution in [-0.2, 0) is 27.2 Å². The molecule has 0 aliphatic carbocycles.